The second-order valence-corrected chi connectivity index (χ2v) is 6.66. The van der Waals surface area contributed by atoms with E-state index in [1.54, 1.807) is 13.0 Å². The minimum absolute atomic E-state index is 0.0174. The molecule has 0 aliphatic rings. The second kappa shape index (κ2) is 12.2. The number of benzene rings is 1. The Labute approximate surface area is 153 Å². The Balaban J connectivity index is 2.33. The molecule has 0 aliphatic carbocycles. The monoisotopic (exact) mass is 398 g/mol. The normalized spacial score (nSPS) is 12.7. The molecule has 0 bridgehead atoms. The SMILES string of the molecule is CC(C)COC(C)OCC(=O)/C=C/c1ccc(OCCCBr)cc1. The Morgan fingerprint density at radius 2 is 1.88 bits per heavy atom. The van der Waals surface area contributed by atoms with Crippen LogP contribution >= 0.6 is 15.9 Å². The fourth-order valence-corrected chi connectivity index (χ4v) is 1.96. The van der Waals surface area contributed by atoms with Gasteiger partial charge in [-0.05, 0) is 43.0 Å². The minimum Gasteiger partial charge on any atom is -0.494 e. The van der Waals surface area contributed by atoms with Crippen LogP contribution in [0.1, 0.15) is 32.8 Å². The summed E-state index contributed by atoms with van der Waals surface area (Å²) in [4.78, 5) is 11.8. The molecule has 134 valence electrons. The van der Waals surface area contributed by atoms with Crippen molar-refractivity contribution in [3.8, 4) is 5.75 Å². The number of carbonyl (C=O) groups excluding carboxylic acids is 1. The molecular weight excluding hydrogens is 372 g/mol. The van der Waals surface area contributed by atoms with Crippen LogP contribution in [-0.4, -0.2) is 37.2 Å². The van der Waals surface area contributed by atoms with Crippen molar-refractivity contribution in [3.05, 3.63) is 35.9 Å². The third-order valence-corrected chi connectivity index (χ3v) is 3.57. The molecule has 0 aliphatic heterocycles. The van der Waals surface area contributed by atoms with Gasteiger partial charge in [0.1, 0.15) is 12.4 Å². The van der Waals surface area contributed by atoms with Gasteiger partial charge in [0.15, 0.2) is 12.1 Å². The van der Waals surface area contributed by atoms with Gasteiger partial charge in [-0.1, -0.05) is 48.0 Å². The van der Waals surface area contributed by atoms with Crippen molar-refractivity contribution >= 4 is 27.8 Å². The predicted octanol–water partition coefficient (Wildman–Crippen LogP) is 4.47. The van der Waals surface area contributed by atoms with E-state index in [4.69, 9.17) is 14.2 Å². The highest BCUT2D eigenvalue weighted by atomic mass is 79.9. The number of halogens is 1. The van der Waals surface area contributed by atoms with E-state index >= 15 is 0 Å². The summed E-state index contributed by atoms with van der Waals surface area (Å²) < 4.78 is 16.4. The quantitative estimate of drug-likeness (QED) is 0.225. The first-order valence-electron chi connectivity index (χ1n) is 8.24. The van der Waals surface area contributed by atoms with E-state index in [0.29, 0.717) is 19.1 Å². The topological polar surface area (TPSA) is 44.8 Å². The standard InChI is InChI=1S/C19H27BrO4/c1-15(2)13-23-16(3)24-14-18(21)8-5-17-6-9-19(10-7-17)22-12-4-11-20/h5-10,15-16H,4,11-14H2,1-3H3/b8-5+. The molecule has 1 rings (SSSR count). The van der Waals surface area contributed by atoms with Crippen molar-refractivity contribution in [2.45, 2.75) is 33.5 Å². The van der Waals surface area contributed by atoms with Gasteiger partial charge in [0.05, 0.1) is 13.2 Å². The zero-order valence-electron chi connectivity index (χ0n) is 14.7. The van der Waals surface area contributed by atoms with Gasteiger partial charge in [-0.15, -0.1) is 0 Å². The number of carbonyl (C=O) groups is 1. The molecular formula is C19H27BrO4. The molecule has 0 amide bonds. The number of ether oxygens (including phenoxy) is 3. The molecule has 1 aromatic rings. The van der Waals surface area contributed by atoms with Crippen molar-refractivity contribution in [2.24, 2.45) is 5.92 Å². The minimum atomic E-state index is -0.374. The third-order valence-electron chi connectivity index (χ3n) is 3.01. The van der Waals surface area contributed by atoms with Crippen LogP contribution in [0.4, 0.5) is 0 Å². The van der Waals surface area contributed by atoms with Gasteiger partial charge in [0.2, 0.25) is 0 Å². The van der Waals surface area contributed by atoms with Crippen LogP contribution in [0.5, 0.6) is 5.75 Å². The first-order valence-corrected chi connectivity index (χ1v) is 9.36. The summed E-state index contributed by atoms with van der Waals surface area (Å²) in [5.41, 5.74) is 0.945. The summed E-state index contributed by atoms with van der Waals surface area (Å²) in [5, 5.41) is 0.930. The van der Waals surface area contributed by atoms with E-state index in [0.717, 1.165) is 23.1 Å². The van der Waals surface area contributed by atoms with Crippen LogP contribution in [-0.2, 0) is 14.3 Å². The van der Waals surface area contributed by atoms with E-state index < -0.39 is 0 Å². The van der Waals surface area contributed by atoms with Gasteiger partial charge in [-0.2, -0.15) is 0 Å². The van der Waals surface area contributed by atoms with Crippen LogP contribution in [0.15, 0.2) is 30.3 Å². The Morgan fingerprint density at radius 3 is 2.50 bits per heavy atom. The van der Waals surface area contributed by atoms with Crippen LogP contribution < -0.4 is 4.74 Å². The van der Waals surface area contributed by atoms with Crippen LogP contribution in [0.2, 0.25) is 0 Å². The number of rotatable bonds is 12. The summed E-state index contributed by atoms with van der Waals surface area (Å²) in [7, 11) is 0. The molecule has 1 aromatic carbocycles. The lowest BCUT2D eigenvalue weighted by Gasteiger charge is -2.14. The summed E-state index contributed by atoms with van der Waals surface area (Å²) >= 11 is 3.37. The molecule has 4 nitrogen and oxygen atoms in total. The maximum atomic E-state index is 11.8. The van der Waals surface area contributed by atoms with Gasteiger partial charge >= 0.3 is 0 Å². The molecule has 0 fully saturated rings. The van der Waals surface area contributed by atoms with Crippen molar-refractivity contribution in [1.82, 2.24) is 0 Å². The van der Waals surface area contributed by atoms with Crippen LogP contribution in [0, 0.1) is 5.92 Å². The molecule has 24 heavy (non-hydrogen) atoms. The smallest absolute Gasteiger partial charge is 0.181 e. The molecule has 0 heterocycles. The largest absolute Gasteiger partial charge is 0.494 e. The summed E-state index contributed by atoms with van der Waals surface area (Å²) in [6.45, 7) is 7.26. The summed E-state index contributed by atoms with van der Waals surface area (Å²) in [5.74, 6) is 1.18. The first-order chi connectivity index (χ1) is 11.5. The number of alkyl halides is 1. The highest BCUT2D eigenvalue weighted by Crippen LogP contribution is 2.13. The van der Waals surface area contributed by atoms with Crippen molar-refractivity contribution in [3.63, 3.8) is 0 Å². The maximum Gasteiger partial charge on any atom is 0.181 e. The Bertz CT molecular complexity index is 497. The van der Waals surface area contributed by atoms with Gasteiger partial charge < -0.3 is 14.2 Å². The molecule has 1 atom stereocenters. The van der Waals surface area contributed by atoms with Crippen molar-refractivity contribution in [2.75, 3.05) is 25.2 Å². The first kappa shape index (κ1) is 20.9. The molecule has 0 spiro atoms. The molecule has 0 radical (unpaired) electrons. The molecule has 1 unspecified atom stereocenters. The van der Waals surface area contributed by atoms with Gasteiger partial charge in [0, 0.05) is 5.33 Å². The molecule has 0 saturated carbocycles. The summed E-state index contributed by atoms with van der Waals surface area (Å²) in [6, 6.07) is 7.64. The molecule has 5 heteroatoms. The summed E-state index contributed by atoms with van der Waals surface area (Å²) in [6.07, 6.45) is 3.89. The van der Waals surface area contributed by atoms with Gasteiger partial charge in [0.25, 0.3) is 0 Å². The fourth-order valence-electron chi connectivity index (χ4n) is 1.73. The average molecular weight is 399 g/mol. The lowest BCUT2D eigenvalue weighted by atomic mass is 10.2. The van der Waals surface area contributed by atoms with Crippen LogP contribution in [0.25, 0.3) is 6.08 Å². The predicted molar refractivity (Wildman–Crippen MR) is 101 cm³/mol. The van der Waals surface area contributed by atoms with Gasteiger partial charge in [-0.3, -0.25) is 4.79 Å². The van der Waals surface area contributed by atoms with E-state index in [1.165, 1.54) is 6.08 Å². The molecule has 0 N–H and O–H groups in total. The highest BCUT2D eigenvalue weighted by molar-refractivity contribution is 9.09. The number of hydrogen-bond donors (Lipinski definition) is 0. The van der Waals surface area contributed by atoms with Crippen molar-refractivity contribution in [1.29, 1.82) is 0 Å². The highest BCUT2D eigenvalue weighted by Gasteiger charge is 2.06. The number of hydrogen-bond acceptors (Lipinski definition) is 4. The van der Waals surface area contributed by atoms with E-state index in [1.807, 2.05) is 24.3 Å². The molecule has 0 saturated heterocycles. The molecule has 0 aromatic heterocycles. The second-order valence-electron chi connectivity index (χ2n) is 5.87. The zero-order valence-corrected chi connectivity index (χ0v) is 16.3. The number of ketones is 1. The Kier molecular flexibility index (Phi) is 10.6. The Hall–Kier alpha value is -1.17. The Morgan fingerprint density at radius 1 is 1.17 bits per heavy atom. The third kappa shape index (κ3) is 9.85. The van der Waals surface area contributed by atoms with Gasteiger partial charge in [-0.25, -0.2) is 0 Å². The van der Waals surface area contributed by atoms with Crippen molar-refractivity contribution < 1.29 is 19.0 Å². The fraction of sp³-hybridized carbons (Fsp3) is 0.526. The van der Waals surface area contributed by atoms with E-state index in [9.17, 15) is 4.79 Å². The lowest BCUT2D eigenvalue weighted by Crippen LogP contribution is -2.19. The van der Waals surface area contributed by atoms with E-state index in [-0.39, 0.29) is 18.7 Å². The van der Waals surface area contributed by atoms with Crippen LogP contribution in [0.3, 0.4) is 0 Å². The zero-order chi connectivity index (χ0) is 17.8. The van der Waals surface area contributed by atoms with E-state index in [2.05, 4.69) is 29.8 Å². The maximum absolute atomic E-state index is 11.8. The lowest BCUT2D eigenvalue weighted by molar-refractivity contribution is -0.149. The average Bonchev–Trinajstić information content (AvgIpc) is 2.57.